The Kier molecular flexibility index (Phi) is 6.16. The van der Waals surface area contributed by atoms with E-state index in [1.54, 1.807) is 17.3 Å². The van der Waals surface area contributed by atoms with Crippen LogP contribution in [0.5, 0.6) is 5.75 Å². The predicted octanol–water partition coefficient (Wildman–Crippen LogP) is 3.80. The van der Waals surface area contributed by atoms with Crippen molar-refractivity contribution in [2.24, 2.45) is 0 Å². The van der Waals surface area contributed by atoms with Crippen LogP contribution in [0.4, 0.5) is 4.79 Å². The van der Waals surface area contributed by atoms with Gasteiger partial charge in [-0.05, 0) is 39.3 Å². The fourth-order valence-electron chi connectivity index (χ4n) is 2.79. The molecule has 0 N–H and O–H groups in total. The van der Waals surface area contributed by atoms with E-state index in [1.807, 2.05) is 32.9 Å². The number of nitrogens with zero attached hydrogens (tertiary/aromatic N) is 3. The number of rotatable bonds is 3. The third-order valence-electron chi connectivity index (χ3n) is 3.93. The number of halogens is 1. The zero-order valence-corrected chi connectivity index (χ0v) is 17.4. The summed E-state index contributed by atoms with van der Waals surface area (Å²) in [6.07, 6.45) is 3.48. The van der Waals surface area contributed by atoms with Gasteiger partial charge in [0, 0.05) is 30.0 Å². The van der Waals surface area contributed by atoms with Crippen LogP contribution < -0.4 is 4.74 Å². The van der Waals surface area contributed by atoms with Gasteiger partial charge in [-0.25, -0.2) is 9.78 Å². The first-order chi connectivity index (χ1) is 12.8. The molecule has 1 saturated heterocycles. The number of carbonyl (C=O) groups excluding carboxylic acids is 1. The van der Waals surface area contributed by atoms with Crippen molar-refractivity contribution in [2.45, 2.75) is 38.9 Å². The molecule has 8 heteroatoms. The van der Waals surface area contributed by atoms with Crippen LogP contribution in [0.15, 0.2) is 29.0 Å². The number of aromatic nitrogens is 2. The number of hydrogen-bond acceptors (Lipinski definition) is 6. The third-order valence-corrected chi connectivity index (χ3v) is 4.39. The Bertz CT molecular complexity index is 809. The van der Waals surface area contributed by atoms with Gasteiger partial charge in [-0.2, -0.15) is 0 Å². The van der Waals surface area contributed by atoms with Crippen molar-refractivity contribution in [3.8, 4) is 5.75 Å². The van der Waals surface area contributed by atoms with Crippen LogP contribution in [-0.2, 0) is 9.47 Å². The molecule has 3 rings (SSSR count). The SMILES string of the molecule is CC(C)(C)OC(=O)N1CCCO[C@H](COc2cc(Br)cc3nccnc23)C1. The van der Waals surface area contributed by atoms with Crippen LogP contribution in [0, 0.1) is 0 Å². The molecule has 1 amide bonds. The van der Waals surface area contributed by atoms with Crippen LogP contribution in [0.2, 0.25) is 0 Å². The standard InChI is InChI=1S/C19H24BrN3O4/c1-19(2,3)27-18(24)23-7-4-8-25-14(11-23)12-26-16-10-13(20)9-15-17(16)22-6-5-21-15/h5-6,9-10,14H,4,7-8,11-12H2,1-3H3/t14-/m0/s1. The molecule has 0 saturated carbocycles. The number of ether oxygens (including phenoxy) is 3. The normalized spacial score (nSPS) is 18.2. The summed E-state index contributed by atoms with van der Waals surface area (Å²) in [5, 5.41) is 0. The van der Waals surface area contributed by atoms with Crippen molar-refractivity contribution < 1.29 is 19.0 Å². The highest BCUT2D eigenvalue weighted by Crippen LogP contribution is 2.27. The maximum Gasteiger partial charge on any atom is 0.410 e. The number of carbonyl (C=O) groups is 1. The van der Waals surface area contributed by atoms with Gasteiger partial charge in [0.2, 0.25) is 0 Å². The monoisotopic (exact) mass is 437 g/mol. The smallest absolute Gasteiger partial charge is 0.410 e. The fraction of sp³-hybridized carbons (Fsp3) is 0.526. The first-order valence-electron chi connectivity index (χ1n) is 8.94. The molecule has 0 unspecified atom stereocenters. The fourth-order valence-corrected chi connectivity index (χ4v) is 3.22. The van der Waals surface area contributed by atoms with E-state index in [0.29, 0.717) is 37.6 Å². The summed E-state index contributed by atoms with van der Waals surface area (Å²) in [6, 6.07) is 3.75. The summed E-state index contributed by atoms with van der Waals surface area (Å²) < 4.78 is 18.2. The lowest BCUT2D eigenvalue weighted by molar-refractivity contribution is 0.00301. The highest BCUT2D eigenvalue weighted by Gasteiger charge is 2.27. The van der Waals surface area contributed by atoms with E-state index in [2.05, 4.69) is 25.9 Å². The van der Waals surface area contributed by atoms with E-state index in [0.717, 1.165) is 16.4 Å². The van der Waals surface area contributed by atoms with Crippen molar-refractivity contribution >= 4 is 33.1 Å². The molecule has 1 aromatic carbocycles. The molecule has 7 nitrogen and oxygen atoms in total. The van der Waals surface area contributed by atoms with E-state index < -0.39 is 5.60 Å². The minimum Gasteiger partial charge on any atom is -0.488 e. The Labute approximate surface area is 167 Å². The maximum atomic E-state index is 12.4. The van der Waals surface area contributed by atoms with Gasteiger partial charge in [-0.3, -0.25) is 4.98 Å². The van der Waals surface area contributed by atoms with Gasteiger partial charge in [0.15, 0.2) is 0 Å². The zero-order chi connectivity index (χ0) is 19.4. The van der Waals surface area contributed by atoms with E-state index in [-0.39, 0.29) is 12.2 Å². The molecule has 27 heavy (non-hydrogen) atoms. The van der Waals surface area contributed by atoms with Crippen LogP contribution in [0.3, 0.4) is 0 Å². The van der Waals surface area contributed by atoms with Gasteiger partial charge in [-0.15, -0.1) is 0 Å². The number of amides is 1. The van der Waals surface area contributed by atoms with Gasteiger partial charge in [-0.1, -0.05) is 15.9 Å². The molecule has 1 atom stereocenters. The van der Waals surface area contributed by atoms with Crippen molar-refractivity contribution in [3.05, 3.63) is 29.0 Å². The Morgan fingerprint density at radius 2 is 2.11 bits per heavy atom. The largest absolute Gasteiger partial charge is 0.488 e. The second-order valence-electron chi connectivity index (χ2n) is 7.41. The lowest BCUT2D eigenvalue weighted by Crippen LogP contribution is -2.42. The molecule has 0 spiro atoms. The highest BCUT2D eigenvalue weighted by molar-refractivity contribution is 9.10. The maximum absolute atomic E-state index is 12.4. The zero-order valence-electron chi connectivity index (χ0n) is 15.8. The average Bonchev–Trinajstić information content (AvgIpc) is 2.84. The van der Waals surface area contributed by atoms with E-state index in [4.69, 9.17) is 14.2 Å². The summed E-state index contributed by atoms with van der Waals surface area (Å²) in [6.45, 7) is 7.49. The minimum atomic E-state index is -0.524. The Hall–Kier alpha value is -1.93. The first kappa shape index (κ1) is 19.8. The topological polar surface area (TPSA) is 73.8 Å². The van der Waals surface area contributed by atoms with Crippen LogP contribution in [0.25, 0.3) is 11.0 Å². The molecule has 2 heterocycles. The van der Waals surface area contributed by atoms with E-state index >= 15 is 0 Å². The molecule has 2 aromatic rings. The Balaban J connectivity index is 1.67. The summed E-state index contributed by atoms with van der Waals surface area (Å²) >= 11 is 3.47. The summed E-state index contributed by atoms with van der Waals surface area (Å²) in [5.74, 6) is 0.629. The minimum absolute atomic E-state index is 0.245. The third kappa shape index (κ3) is 5.52. The summed E-state index contributed by atoms with van der Waals surface area (Å²) in [7, 11) is 0. The van der Waals surface area contributed by atoms with Gasteiger partial charge in [0.25, 0.3) is 0 Å². The lowest BCUT2D eigenvalue weighted by atomic mass is 10.2. The van der Waals surface area contributed by atoms with Crippen molar-refractivity contribution in [3.63, 3.8) is 0 Å². The molecule has 146 valence electrons. The van der Waals surface area contributed by atoms with E-state index in [1.165, 1.54) is 0 Å². The highest BCUT2D eigenvalue weighted by atomic mass is 79.9. The molecule has 1 aliphatic rings. The van der Waals surface area contributed by atoms with Crippen LogP contribution >= 0.6 is 15.9 Å². The van der Waals surface area contributed by atoms with Crippen molar-refractivity contribution in [1.29, 1.82) is 0 Å². The second-order valence-corrected chi connectivity index (χ2v) is 8.33. The molecular formula is C19H24BrN3O4. The molecule has 0 radical (unpaired) electrons. The Morgan fingerprint density at radius 1 is 1.33 bits per heavy atom. The average molecular weight is 438 g/mol. The van der Waals surface area contributed by atoms with Gasteiger partial charge >= 0.3 is 6.09 Å². The predicted molar refractivity (Wildman–Crippen MR) is 105 cm³/mol. The molecule has 1 aliphatic heterocycles. The number of benzene rings is 1. The quantitative estimate of drug-likeness (QED) is 0.726. The summed E-state index contributed by atoms with van der Waals surface area (Å²) in [4.78, 5) is 22.7. The number of hydrogen-bond donors (Lipinski definition) is 0. The van der Waals surface area contributed by atoms with Crippen LogP contribution in [-0.4, -0.2) is 59.0 Å². The molecule has 0 bridgehead atoms. The molecule has 0 aliphatic carbocycles. The molecule has 1 fully saturated rings. The van der Waals surface area contributed by atoms with Crippen molar-refractivity contribution in [2.75, 3.05) is 26.3 Å². The van der Waals surface area contributed by atoms with Gasteiger partial charge in [0.1, 0.15) is 29.6 Å². The van der Waals surface area contributed by atoms with Gasteiger partial charge in [0.05, 0.1) is 12.1 Å². The molecule has 1 aromatic heterocycles. The number of fused-ring (bicyclic) bond motifs is 1. The van der Waals surface area contributed by atoms with E-state index in [9.17, 15) is 4.79 Å². The lowest BCUT2D eigenvalue weighted by Gasteiger charge is -2.28. The second kappa shape index (κ2) is 8.39. The Morgan fingerprint density at radius 3 is 2.89 bits per heavy atom. The first-order valence-corrected chi connectivity index (χ1v) is 9.74. The molecular weight excluding hydrogens is 414 g/mol. The van der Waals surface area contributed by atoms with Crippen molar-refractivity contribution in [1.82, 2.24) is 14.9 Å². The van der Waals surface area contributed by atoms with Crippen LogP contribution in [0.1, 0.15) is 27.2 Å². The summed E-state index contributed by atoms with van der Waals surface area (Å²) in [5.41, 5.74) is 0.918. The van der Waals surface area contributed by atoms with Gasteiger partial charge < -0.3 is 19.1 Å².